The molecule has 0 unspecified atom stereocenters. The molecule has 0 aromatic heterocycles. The molecule has 0 radical (unpaired) electrons. The minimum absolute atomic E-state index is 0.114. The van der Waals surface area contributed by atoms with Crippen molar-refractivity contribution >= 4 is 33.2 Å². The summed E-state index contributed by atoms with van der Waals surface area (Å²) in [5, 5.41) is 2.21. The topological polar surface area (TPSA) is 75.7 Å². The van der Waals surface area contributed by atoms with Gasteiger partial charge in [-0.3, -0.25) is 19.8 Å². The molecule has 0 bridgehead atoms. The monoisotopic (exact) mass is 308 g/mol. The highest BCUT2D eigenvalue weighted by Crippen LogP contribution is 2.16. The van der Waals surface area contributed by atoms with Gasteiger partial charge in [0.15, 0.2) is 0 Å². The predicted molar refractivity (Wildman–Crippen MR) is 81.5 cm³/mol. The fourth-order valence-corrected chi connectivity index (χ4v) is 2.83. The summed E-state index contributed by atoms with van der Waals surface area (Å²) in [6.45, 7) is 0.114. The van der Waals surface area contributed by atoms with Crippen molar-refractivity contribution in [2.75, 3.05) is 19.6 Å². The highest BCUT2D eigenvalue weighted by atomic mass is 32.2. The second-order valence-electron chi connectivity index (χ2n) is 4.64. The van der Waals surface area contributed by atoms with E-state index in [1.54, 1.807) is 43.9 Å². The van der Waals surface area contributed by atoms with E-state index < -0.39 is 28.3 Å². The molecule has 1 aliphatic rings. The molecule has 1 aromatic rings. The van der Waals surface area contributed by atoms with Gasteiger partial charge < -0.3 is 4.74 Å². The number of amides is 4. The average molecular weight is 308 g/mol. The van der Waals surface area contributed by atoms with Crippen molar-refractivity contribution in [1.29, 1.82) is 0 Å². The Balaban J connectivity index is 2.25. The van der Waals surface area contributed by atoms with E-state index in [0.29, 0.717) is 5.75 Å². The predicted octanol–water partition coefficient (Wildman–Crippen LogP) is 0.974. The molecule has 1 heterocycles. The summed E-state index contributed by atoms with van der Waals surface area (Å²) in [7, 11) is 1.04. The highest BCUT2D eigenvalue weighted by Gasteiger charge is 2.36. The average Bonchev–Trinajstić information content (AvgIpc) is 2.43. The molecule has 1 fully saturated rings. The molecular formula is C14H16N2O4S. The SMILES string of the molecule is COc1ccc(CN2C(=O)NC(=O)C(=S(C)C)C2=O)cc1. The number of ether oxygens (including phenoxy) is 1. The minimum atomic E-state index is -0.685. The van der Waals surface area contributed by atoms with Gasteiger partial charge in [-0.05, 0) is 30.2 Å². The van der Waals surface area contributed by atoms with Crippen molar-refractivity contribution < 1.29 is 19.1 Å². The van der Waals surface area contributed by atoms with E-state index in [-0.39, 0.29) is 11.4 Å². The molecule has 0 spiro atoms. The molecular weight excluding hydrogens is 292 g/mol. The van der Waals surface area contributed by atoms with Crippen molar-refractivity contribution in [3.63, 3.8) is 0 Å². The van der Waals surface area contributed by atoms with Crippen LogP contribution in [0, 0.1) is 0 Å². The summed E-state index contributed by atoms with van der Waals surface area (Å²) in [4.78, 5) is 37.0. The number of carbonyl (C=O) groups is 3. The smallest absolute Gasteiger partial charge is 0.331 e. The number of benzene rings is 1. The fourth-order valence-electron chi connectivity index (χ4n) is 1.95. The van der Waals surface area contributed by atoms with Crippen LogP contribution in [0.4, 0.5) is 4.79 Å². The molecule has 1 aromatic carbocycles. The first-order valence-electron chi connectivity index (χ1n) is 6.18. The maximum absolute atomic E-state index is 12.3. The highest BCUT2D eigenvalue weighted by molar-refractivity contribution is 8.16. The van der Waals surface area contributed by atoms with E-state index in [1.807, 2.05) is 0 Å². The Labute approximate surface area is 125 Å². The van der Waals surface area contributed by atoms with Gasteiger partial charge in [0.2, 0.25) is 0 Å². The van der Waals surface area contributed by atoms with Crippen LogP contribution in [0.2, 0.25) is 0 Å². The minimum Gasteiger partial charge on any atom is -0.497 e. The number of methoxy groups -OCH3 is 1. The Morgan fingerprint density at radius 2 is 1.76 bits per heavy atom. The standard InChI is InChI=1S/C14H16N2O4S/c1-20-10-6-4-9(5-7-10)8-16-13(18)11(21(2)3)12(17)15-14(16)19/h4-7H,8H2,1-3H3,(H,15,17,19). The van der Waals surface area contributed by atoms with E-state index in [1.165, 1.54) is 0 Å². The Kier molecular flexibility index (Phi) is 4.42. The van der Waals surface area contributed by atoms with Crippen LogP contribution in [0.5, 0.6) is 5.75 Å². The number of urea groups is 1. The normalized spacial score (nSPS) is 15.5. The maximum atomic E-state index is 12.3. The van der Waals surface area contributed by atoms with Gasteiger partial charge in [0, 0.05) is 0 Å². The largest absolute Gasteiger partial charge is 0.497 e. The summed E-state index contributed by atoms with van der Waals surface area (Å²) < 4.78 is 5.06. The number of carbonyl (C=O) groups excluding carboxylic acids is 3. The van der Waals surface area contributed by atoms with Crippen LogP contribution < -0.4 is 10.1 Å². The summed E-state index contributed by atoms with van der Waals surface area (Å²) in [5.74, 6) is -0.420. The Morgan fingerprint density at radius 3 is 2.29 bits per heavy atom. The number of nitrogens with one attached hydrogen (secondary N) is 1. The molecule has 0 aliphatic carbocycles. The Bertz CT molecular complexity index is 633. The van der Waals surface area contributed by atoms with Crippen LogP contribution in [0.3, 0.4) is 0 Å². The molecule has 21 heavy (non-hydrogen) atoms. The molecule has 0 atom stereocenters. The molecule has 1 N–H and O–H groups in total. The van der Waals surface area contributed by atoms with Crippen molar-refractivity contribution in [3.8, 4) is 5.75 Å². The van der Waals surface area contributed by atoms with E-state index >= 15 is 0 Å². The zero-order chi connectivity index (χ0) is 15.6. The number of nitrogens with zero attached hydrogens (tertiary/aromatic N) is 1. The number of hydrogen-bond acceptors (Lipinski definition) is 4. The summed E-state index contributed by atoms with van der Waals surface area (Å²) in [5.41, 5.74) is 0.778. The zero-order valence-corrected chi connectivity index (χ0v) is 12.8. The molecule has 0 saturated carbocycles. The van der Waals surface area contributed by atoms with Crippen LogP contribution in [0.1, 0.15) is 5.56 Å². The van der Waals surface area contributed by atoms with Gasteiger partial charge >= 0.3 is 6.03 Å². The molecule has 1 saturated heterocycles. The van der Waals surface area contributed by atoms with Gasteiger partial charge in [0.1, 0.15) is 10.6 Å². The summed E-state index contributed by atoms with van der Waals surface area (Å²) in [6.07, 6.45) is 3.54. The van der Waals surface area contributed by atoms with Crippen molar-refractivity contribution in [2.24, 2.45) is 0 Å². The fraction of sp³-hybridized carbons (Fsp3) is 0.286. The van der Waals surface area contributed by atoms with E-state index in [4.69, 9.17) is 4.74 Å². The second-order valence-corrected chi connectivity index (χ2v) is 6.69. The third kappa shape index (κ3) is 3.13. The van der Waals surface area contributed by atoms with Crippen LogP contribution >= 0.6 is 10.5 Å². The number of rotatable bonds is 3. The lowest BCUT2D eigenvalue weighted by molar-refractivity contribution is -0.125. The van der Waals surface area contributed by atoms with Gasteiger partial charge in [-0.15, -0.1) is 0 Å². The first-order valence-corrected chi connectivity index (χ1v) is 8.22. The first kappa shape index (κ1) is 15.2. The molecule has 112 valence electrons. The molecule has 6 nitrogen and oxygen atoms in total. The van der Waals surface area contributed by atoms with Gasteiger partial charge in [-0.25, -0.2) is 4.79 Å². The van der Waals surface area contributed by atoms with Crippen LogP contribution in [-0.2, 0) is 16.1 Å². The molecule has 4 amide bonds. The van der Waals surface area contributed by atoms with E-state index in [0.717, 1.165) is 10.5 Å². The van der Waals surface area contributed by atoms with Crippen molar-refractivity contribution in [1.82, 2.24) is 10.2 Å². The zero-order valence-electron chi connectivity index (χ0n) is 12.0. The van der Waals surface area contributed by atoms with Gasteiger partial charge in [-0.1, -0.05) is 12.1 Å². The van der Waals surface area contributed by atoms with Crippen molar-refractivity contribution in [2.45, 2.75) is 6.54 Å². The van der Waals surface area contributed by atoms with Crippen LogP contribution in [0.15, 0.2) is 24.3 Å². The lowest BCUT2D eigenvalue weighted by atomic mass is 10.2. The van der Waals surface area contributed by atoms with E-state index in [9.17, 15) is 14.4 Å². The summed E-state index contributed by atoms with van der Waals surface area (Å²) >= 11 is 0. The number of barbiturate groups is 1. The molecule has 1 aliphatic heterocycles. The Hall–Kier alpha value is -2.15. The van der Waals surface area contributed by atoms with E-state index in [2.05, 4.69) is 5.32 Å². The van der Waals surface area contributed by atoms with Crippen LogP contribution in [0.25, 0.3) is 0 Å². The maximum Gasteiger partial charge on any atom is 0.331 e. The number of hydrogen-bond donors (Lipinski definition) is 1. The van der Waals surface area contributed by atoms with Gasteiger partial charge in [0.05, 0.1) is 13.7 Å². The second kappa shape index (κ2) is 6.09. The third-order valence-electron chi connectivity index (χ3n) is 3.02. The molecule has 2 rings (SSSR count). The first-order chi connectivity index (χ1) is 9.93. The van der Waals surface area contributed by atoms with Gasteiger partial charge in [-0.2, -0.15) is 10.5 Å². The lowest BCUT2D eigenvalue weighted by Crippen LogP contribution is -2.58. The third-order valence-corrected chi connectivity index (χ3v) is 4.20. The Morgan fingerprint density at radius 1 is 1.14 bits per heavy atom. The molecule has 7 heteroatoms. The number of imide groups is 2. The quantitative estimate of drug-likeness (QED) is 0.844. The van der Waals surface area contributed by atoms with Crippen molar-refractivity contribution in [3.05, 3.63) is 29.8 Å². The van der Waals surface area contributed by atoms with Crippen LogP contribution in [-0.4, -0.2) is 47.2 Å². The lowest BCUT2D eigenvalue weighted by Gasteiger charge is -2.27. The van der Waals surface area contributed by atoms with Gasteiger partial charge in [0.25, 0.3) is 11.8 Å². The summed E-state index contributed by atoms with van der Waals surface area (Å²) in [6, 6.07) is 6.36.